The number of aromatic nitrogens is 4. The monoisotopic (exact) mass is 323 g/mol. The molecule has 2 rings (SSSR count). The molecule has 0 saturated heterocycles. The Hall–Kier alpha value is -2.22. The fraction of sp³-hybridized carbons (Fsp3) is 0.0909. The minimum atomic E-state index is -0.387. The first-order chi connectivity index (χ1) is 9.13. The second-order valence-corrected chi connectivity index (χ2v) is 4.33. The van der Waals surface area contributed by atoms with Gasteiger partial charge in [-0.25, -0.2) is 0 Å². The number of methoxy groups -OCH3 is 1. The van der Waals surface area contributed by atoms with Crippen molar-refractivity contribution in [2.75, 3.05) is 12.4 Å². The number of carbonyl (C=O) groups is 1. The first-order valence-corrected chi connectivity index (χ1v) is 6.00. The van der Waals surface area contributed by atoms with Crippen molar-refractivity contribution in [3.8, 4) is 5.75 Å². The summed E-state index contributed by atoms with van der Waals surface area (Å²) in [6.07, 6.45) is 1.36. The minimum absolute atomic E-state index is 0.0897. The summed E-state index contributed by atoms with van der Waals surface area (Å²) in [4.78, 5) is 13.2. The fourth-order valence-electron chi connectivity index (χ4n) is 1.38. The van der Waals surface area contributed by atoms with Crippen LogP contribution in [-0.4, -0.2) is 33.2 Å². The molecule has 0 radical (unpaired) electrons. The van der Waals surface area contributed by atoms with E-state index in [9.17, 15) is 4.79 Å². The third kappa shape index (κ3) is 2.97. The number of nitrogens with zero attached hydrogens (tertiary/aromatic N) is 4. The highest BCUT2D eigenvalue weighted by Gasteiger charge is 2.15. The van der Waals surface area contributed by atoms with Crippen LogP contribution in [0.3, 0.4) is 0 Å². The van der Waals surface area contributed by atoms with Crippen LogP contribution in [0.15, 0.2) is 29.3 Å². The van der Waals surface area contributed by atoms with Gasteiger partial charge in [-0.2, -0.15) is 0 Å². The molecule has 1 amide bonds. The summed E-state index contributed by atoms with van der Waals surface area (Å²) in [6.45, 7) is 3.48. The van der Waals surface area contributed by atoms with E-state index in [1.165, 1.54) is 13.3 Å². The predicted molar refractivity (Wildman–Crippen MR) is 72.9 cm³/mol. The molecule has 19 heavy (non-hydrogen) atoms. The van der Waals surface area contributed by atoms with E-state index in [2.05, 4.69) is 43.2 Å². The zero-order chi connectivity index (χ0) is 13.8. The normalized spacial score (nSPS) is 10.0. The molecule has 0 fully saturated rings. The highest BCUT2D eigenvalue weighted by Crippen LogP contribution is 2.23. The summed E-state index contributed by atoms with van der Waals surface area (Å²) >= 11 is 3.30. The Labute approximate surface area is 117 Å². The second-order valence-electron chi connectivity index (χ2n) is 3.41. The van der Waals surface area contributed by atoms with Crippen LogP contribution in [0.2, 0.25) is 0 Å². The van der Waals surface area contributed by atoms with Crippen molar-refractivity contribution in [2.45, 2.75) is 0 Å². The average molecular weight is 324 g/mol. The molecule has 0 aliphatic carbocycles. The highest BCUT2D eigenvalue weighted by atomic mass is 79.9. The lowest BCUT2D eigenvalue weighted by Gasteiger charge is -2.07. The molecule has 8 heteroatoms. The number of hydrogen-bond donors (Lipinski definition) is 1. The molecule has 1 aromatic heterocycles. The molecular formula is C11H10BrN5O2. The molecule has 0 unspecified atom stereocenters. The van der Waals surface area contributed by atoms with Gasteiger partial charge in [-0.1, -0.05) is 27.6 Å². The van der Waals surface area contributed by atoms with Crippen LogP contribution in [-0.2, 0) is 0 Å². The number of halogens is 1. The van der Waals surface area contributed by atoms with Gasteiger partial charge < -0.3 is 4.74 Å². The van der Waals surface area contributed by atoms with Gasteiger partial charge in [0.25, 0.3) is 11.9 Å². The largest absolute Gasteiger partial charge is 0.496 e. The zero-order valence-corrected chi connectivity index (χ0v) is 11.6. The lowest BCUT2D eigenvalue weighted by Crippen LogP contribution is -2.14. The lowest BCUT2D eigenvalue weighted by molar-refractivity contribution is 0.102. The molecule has 1 aromatic carbocycles. The number of benzene rings is 1. The maximum Gasteiger partial charge on any atom is 0.270 e. The number of tetrazole rings is 1. The van der Waals surface area contributed by atoms with E-state index in [1.54, 1.807) is 18.2 Å². The summed E-state index contributed by atoms with van der Waals surface area (Å²) < 4.78 is 5.89. The quantitative estimate of drug-likeness (QED) is 0.927. The van der Waals surface area contributed by atoms with E-state index < -0.39 is 0 Å². The van der Waals surface area contributed by atoms with Crippen LogP contribution in [0.4, 0.5) is 5.95 Å². The van der Waals surface area contributed by atoms with Crippen molar-refractivity contribution in [1.29, 1.82) is 0 Å². The van der Waals surface area contributed by atoms with Crippen LogP contribution >= 0.6 is 15.9 Å². The average Bonchev–Trinajstić information content (AvgIpc) is 2.86. The van der Waals surface area contributed by atoms with Gasteiger partial charge in [0.05, 0.1) is 12.7 Å². The molecule has 0 atom stereocenters. The smallest absolute Gasteiger partial charge is 0.270 e. The number of anilines is 1. The second kappa shape index (κ2) is 5.61. The van der Waals surface area contributed by atoms with Crippen molar-refractivity contribution >= 4 is 34.0 Å². The van der Waals surface area contributed by atoms with Crippen LogP contribution in [0, 0.1) is 0 Å². The molecule has 98 valence electrons. The molecule has 2 aromatic rings. The molecule has 7 nitrogen and oxygen atoms in total. The standard InChI is InChI=1S/C11H10BrN5O2/c1-3-17-15-11(14-16-17)13-10(18)8-6-7(12)4-5-9(8)19-2/h3-6H,1H2,2H3,(H,13,15,18). The third-order valence-electron chi connectivity index (χ3n) is 2.22. The first kappa shape index (κ1) is 13.2. The highest BCUT2D eigenvalue weighted by molar-refractivity contribution is 9.10. The first-order valence-electron chi connectivity index (χ1n) is 5.21. The van der Waals surface area contributed by atoms with Crippen molar-refractivity contribution < 1.29 is 9.53 Å². The summed E-state index contributed by atoms with van der Waals surface area (Å²) in [7, 11) is 1.49. The Morgan fingerprint density at radius 1 is 1.58 bits per heavy atom. The van der Waals surface area contributed by atoms with E-state index in [0.717, 1.165) is 9.27 Å². The molecule has 1 N–H and O–H groups in total. The minimum Gasteiger partial charge on any atom is -0.496 e. The van der Waals surface area contributed by atoms with Gasteiger partial charge in [-0.3, -0.25) is 10.1 Å². The van der Waals surface area contributed by atoms with Gasteiger partial charge in [0, 0.05) is 10.7 Å². The van der Waals surface area contributed by atoms with Crippen LogP contribution in [0.5, 0.6) is 5.75 Å². The molecule has 0 saturated carbocycles. The summed E-state index contributed by atoms with van der Waals surface area (Å²) in [5.74, 6) is 0.158. The number of hydrogen-bond acceptors (Lipinski definition) is 5. The Balaban J connectivity index is 2.24. The molecule has 0 spiro atoms. The van der Waals surface area contributed by atoms with Crippen LogP contribution < -0.4 is 10.1 Å². The predicted octanol–water partition coefficient (Wildman–Crippen LogP) is 1.80. The number of carbonyl (C=O) groups excluding carboxylic acids is 1. The Morgan fingerprint density at radius 2 is 2.37 bits per heavy atom. The van der Waals surface area contributed by atoms with Gasteiger partial charge in [0.1, 0.15) is 5.75 Å². The van der Waals surface area contributed by atoms with Crippen molar-refractivity contribution in [1.82, 2.24) is 20.2 Å². The third-order valence-corrected chi connectivity index (χ3v) is 2.72. The molecule has 0 aliphatic heterocycles. The van der Waals surface area contributed by atoms with Crippen LogP contribution in [0.1, 0.15) is 10.4 Å². The summed E-state index contributed by atoms with van der Waals surface area (Å²) in [6, 6.07) is 5.11. The van der Waals surface area contributed by atoms with E-state index in [4.69, 9.17) is 4.74 Å². The van der Waals surface area contributed by atoms with Gasteiger partial charge >= 0.3 is 0 Å². The molecule has 1 heterocycles. The molecule has 0 bridgehead atoms. The van der Waals surface area contributed by atoms with Gasteiger partial charge in [0.2, 0.25) is 0 Å². The van der Waals surface area contributed by atoms with E-state index in [1.807, 2.05) is 0 Å². The van der Waals surface area contributed by atoms with E-state index in [-0.39, 0.29) is 11.9 Å². The number of nitrogens with one attached hydrogen (secondary N) is 1. The van der Waals surface area contributed by atoms with Gasteiger partial charge in [0.15, 0.2) is 0 Å². The van der Waals surface area contributed by atoms with Crippen molar-refractivity contribution in [3.63, 3.8) is 0 Å². The van der Waals surface area contributed by atoms with Crippen LogP contribution in [0.25, 0.3) is 6.20 Å². The van der Waals surface area contributed by atoms with Gasteiger partial charge in [-0.05, 0) is 23.4 Å². The zero-order valence-electron chi connectivity index (χ0n) is 10.00. The SMILES string of the molecule is C=Cn1nnc(NC(=O)c2cc(Br)ccc2OC)n1. The molecule has 0 aliphatic rings. The van der Waals surface area contributed by atoms with E-state index >= 15 is 0 Å². The fourth-order valence-corrected chi connectivity index (χ4v) is 1.74. The Kier molecular flexibility index (Phi) is 3.91. The summed E-state index contributed by atoms with van der Waals surface area (Å²) in [5, 5.41) is 13.7. The lowest BCUT2D eigenvalue weighted by atomic mass is 10.2. The topological polar surface area (TPSA) is 81.9 Å². The van der Waals surface area contributed by atoms with Crippen molar-refractivity contribution in [2.24, 2.45) is 0 Å². The maximum atomic E-state index is 12.1. The Bertz CT molecular complexity index is 625. The van der Waals surface area contributed by atoms with E-state index in [0.29, 0.717) is 11.3 Å². The summed E-state index contributed by atoms with van der Waals surface area (Å²) in [5.41, 5.74) is 0.367. The molecular weight excluding hydrogens is 314 g/mol. The van der Waals surface area contributed by atoms with Gasteiger partial charge in [-0.15, -0.1) is 9.90 Å². The maximum absolute atomic E-state index is 12.1. The number of amides is 1. The number of rotatable bonds is 4. The van der Waals surface area contributed by atoms with Crippen molar-refractivity contribution in [3.05, 3.63) is 34.8 Å². The number of ether oxygens (including phenoxy) is 1. The Morgan fingerprint density at radius 3 is 3.00 bits per heavy atom.